The maximum absolute atomic E-state index is 10.2. The van der Waals surface area contributed by atoms with Crippen molar-refractivity contribution in [2.75, 3.05) is 14.2 Å². The SMILES string of the molecule is COc1cc(/C=C/c2cc(/C=C/c3ccc(O)c(OC)c3)c(O)c(O)c2O)ccc1O. The van der Waals surface area contributed by atoms with Gasteiger partial charge in [0.15, 0.2) is 34.5 Å². The van der Waals surface area contributed by atoms with E-state index in [9.17, 15) is 25.5 Å². The second kappa shape index (κ2) is 9.04. The third-order valence-electron chi connectivity index (χ3n) is 4.62. The lowest BCUT2D eigenvalue weighted by Gasteiger charge is -2.09. The summed E-state index contributed by atoms with van der Waals surface area (Å²) < 4.78 is 10.1. The van der Waals surface area contributed by atoms with Crippen LogP contribution >= 0.6 is 0 Å². The molecule has 3 aromatic carbocycles. The summed E-state index contributed by atoms with van der Waals surface area (Å²) in [5.41, 5.74) is 1.92. The van der Waals surface area contributed by atoms with E-state index in [4.69, 9.17) is 9.47 Å². The van der Waals surface area contributed by atoms with Gasteiger partial charge in [-0.25, -0.2) is 0 Å². The van der Waals surface area contributed by atoms with Crippen molar-refractivity contribution in [2.45, 2.75) is 0 Å². The first-order chi connectivity index (χ1) is 14.8. The highest BCUT2D eigenvalue weighted by atomic mass is 16.5. The summed E-state index contributed by atoms with van der Waals surface area (Å²) in [7, 11) is 2.88. The Hall–Kier alpha value is -4.26. The zero-order valence-electron chi connectivity index (χ0n) is 16.9. The highest BCUT2D eigenvalue weighted by Gasteiger charge is 2.14. The highest BCUT2D eigenvalue weighted by Crippen LogP contribution is 2.42. The van der Waals surface area contributed by atoms with Gasteiger partial charge in [0.25, 0.3) is 0 Å². The zero-order valence-corrected chi connectivity index (χ0v) is 16.9. The van der Waals surface area contributed by atoms with Crippen LogP contribution in [0.5, 0.6) is 40.2 Å². The molecule has 0 aliphatic rings. The van der Waals surface area contributed by atoms with E-state index < -0.39 is 17.2 Å². The van der Waals surface area contributed by atoms with Crippen LogP contribution in [0.2, 0.25) is 0 Å². The molecule has 0 aliphatic carbocycles. The van der Waals surface area contributed by atoms with Crippen molar-refractivity contribution in [2.24, 2.45) is 0 Å². The molecule has 0 saturated carbocycles. The molecule has 5 N–H and O–H groups in total. The molecule has 7 heteroatoms. The first-order valence-corrected chi connectivity index (χ1v) is 9.22. The molecule has 31 heavy (non-hydrogen) atoms. The second-order valence-corrected chi connectivity index (χ2v) is 6.63. The van der Waals surface area contributed by atoms with Gasteiger partial charge >= 0.3 is 0 Å². The monoisotopic (exact) mass is 422 g/mol. The Labute approximate surface area is 179 Å². The van der Waals surface area contributed by atoms with Gasteiger partial charge in [-0.05, 0) is 41.5 Å². The molecule has 0 amide bonds. The summed E-state index contributed by atoms with van der Waals surface area (Å²) >= 11 is 0. The maximum atomic E-state index is 10.2. The molecule has 0 aliphatic heterocycles. The number of rotatable bonds is 6. The van der Waals surface area contributed by atoms with Crippen LogP contribution in [0.25, 0.3) is 24.3 Å². The first kappa shape index (κ1) is 21.4. The molecule has 3 rings (SSSR count). The van der Waals surface area contributed by atoms with E-state index >= 15 is 0 Å². The number of phenols is 5. The Morgan fingerprint density at radius 2 is 0.968 bits per heavy atom. The van der Waals surface area contributed by atoms with E-state index in [0.29, 0.717) is 22.6 Å². The van der Waals surface area contributed by atoms with Crippen LogP contribution in [-0.4, -0.2) is 39.8 Å². The van der Waals surface area contributed by atoms with Crippen LogP contribution in [0.15, 0.2) is 42.5 Å². The van der Waals surface area contributed by atoms with Gasteiger partial charge in [-0.15, -0.1) is 0 Å². The fourth-order valence-corrected chi connectivity index (χ4v) is 2.91. The van der Waals surface area contributed by atoms with Crippen molar-refractivity contribution in [3.05, 3.63) is 64.7 Å². The summed E-state index contributed by atoms with van der Waals surface area (Å²) in [4.78, 5) is 0. The van der Waals surface area contributed by atoms with Crippen molar-refractivity contribution in [1.82, 2.24) is 0 Å². The van der Waals surface area contributed by atoms with Crippen LogP contribution < -0.4 is 9.47 Å². The topological polar surface area (TPSA) is 120 Å². The average Bonchev–Trinajstić information content (AvgIpc) is 2.78. The van der Waals surface area contributed by atoms with Crippen LogP contribution in [0.1, 0.15) is 22.3 Å². The number of ether oxygens (including phenoxy) is 2. The summed E-state index contributed by atoms with van der Waals surface area (Å²) in [5, 5.41) is 49.9. The first-order valence-electron chi connectivity index (χ1n) is 9.22. The largest absolute Gasteiger partial charge is 0.504 e. The second-order valence-electron chi connectivity index (χ2n) is 6.63. The van der Waals surface area contributed by atoms with E-state index in [2.05, 4.69) is 0 Å². The minimum absolute atomic E-state index is 0.00283. The molecule has 160 valence electrons. The summed E-state index contributed by atoms with van der Waals surface area (Å²) in [6.45, 7) is 0. The van der Waals surface area contributed by atoms with Gasteiger partial charge in [-0.2, -0.15) is 0 Å². The maximum Gasteiger partial charge on any atom is 0.201 e. The highest BCUT2D eigenvalue weighted by molar-refractivity contribution is 5.82. The van der Waals surface area contributed by atoms with E-state index in [1.807, 2.05) is 0 Å². The number of phenolic OH excluding ortho intramolecular Hbond substituents is 5. The summed E-state index contributed by atoms with van der Waals surface area (Å²) in [6, 6.07) is 11.0. The lowest BCUT2D eigenvalue weighted by atomic mass is 10.0. The molecule has 0 atom stereocenters. The van der Waals surface area contributed by atoms with Gasteiger partial charge in [0.05, 0.1) is 14.2 Å². The third kappa shape index (κ3) is 4.67. The molecule has 0 saturated heterocycles. The van der Waals surface area contributed by atoms with E-state index in [0.717, 1.165) is 0 Å². The van der Waals surface area contributed by atoms with E-state index in [1.165, 1.54) is 32.4 Å². The van der Waals surface area contributed by atoms with Gasteiger partial charge in [-0.1, -0.05) is 36.4 Å². The molecular weight excluding hydrogens is 400 g/mol. The number of aromatic hydroxyl groups is 5. The molecule has 3 aromatic rings. The summed E-state index contributed by atoms with van der Waals surface area (Å²) in [6.07, 6.45) is 6.43. The molecule has 0 heterocycles. The van der Waals surface area contributed by atoms with Crippen molar-refractivity contribution < 1.29 is 35.0 Å². The Kier molecular flexibility index (Phi) is 6.26. The quantitative estimate of drug-likeness (QED) is 0.291. The molecule has 0 radical (unpaired) electrons. The van der Waals surface area contributed by atoms with Gasteiger partial charge < -0.3 is 35.0 Å². The number of hydrogen-bond acceptors (Lipinski definition) is 7. The number of benzene rings is 3. The van der Waals surface area contributed by atoms with Crippen LogP contribution in [-0.2, 0) is 0 Å². The summed E-state index contributed by atoms with van der Waals surface area (Å²) in [5.74, 6) is -0.980. The number of hydrogen-bond donors (Lipinski definition) is 5. The Balaban J connectivity index is 1.95. The fourth-order valence-electron chi connectivity index (χ4n) is 2.91. The lowest BCUT2D eigenvalue weighted by Crippen LogP contribution is -1.85. The average molecular weight is 422 g/mol. The van der Waals surface area contributed by atoms with Gasteiger partial charge in [0, 0.05) is 11.1 Å². The lowest BCUT2D eigenvalue weighted by molar-refractivity contribution is 0.367. The standard InChI is InChI=1S/C24H22O7/c1-30-20-11-14(5-9-18(20)25)3-7-16-13-17(23(28)24(29)22(16)27)8-4-15-6-10-19(26)21(12-15)31-2/h3-13,25-29H,1-2H3/b7-3+,8-4+. The van der Waals surface area contributed by atoms with Crippen LogP contribution in [0.4, 0.5) is 0 Å². The smallest absolute Gasteiger partial charge is 0.201 e. The van der Waals surface area contributed by atoms with E-state index in [-0.39, 0.29) is 22.6 Å². The predicted octanol–water partition coefficient (Wildman–Crippen LogP) is 4.57. The van der Waals surface area contributed by atoms with Gasteiger partial charge in [0.2, 0.25) is 5.75 Å². The van der Waals surface area contributed by atoms with Crippen LogP contribution in [0.3, 0.4) is 0 Å². The third-order valence-corrected chi connectivity index (χ3v) is 4.62. The molecule has 0 aromatic heterocycles. The number of methoxy groups -OCH3 is 2. The van der Waals surface area contributed by atoms with E-state index in [1.54, 1.807) is 48.6 Å². The molecular formula is C24H22O7. The zero-order chi connectivity index (χ0) is 22.5. The fraction of sp³-hybridized carbons (Fsp3) is 0.0833. The molecule has 0 bridgehead atoms. The van der Waals surface area contributed by atoms with Crippen molar-refractivity contribution in [3.8, 4) is 40.2 Å². The van der Waals surface area contributed by atoms with Gasteiger partial charge in [-0.3, -0.25) is 0 Å². The normalized spacial score (nSPS) is 11.3. The van der Waals surface area contributed by atoms with Crippen molar-refractivity contribution in [3.63, 3.8) is 0 Å². The predicted molar refractivity (Wildman–Crippen MR) is 119 cm³/mol. The minimum atomic E-state index is -0.645. The Bertz CT molecular complexity index is 1080. The van der Waals surface area contributed by atoms with Crippen LogP contribution in [0, 0.1) is 0 Å². The molecule has 0 fully saturated rings. The van der Waals surface area contributed by atoms with Crippen molar-refractivity contribution >= 4 is 24.3 Å². The van der Waals surface area contributed by atoms with Crippen molar-refractivity contribution in [1.29, 1.82) is 0 Å². The Morgan fingerprint density at radius 1 is 0.548 bits per heavy atom. The Morgan fingerprint density at radius 3 is 1.35 bits per heavy atom. The molecule has 0 spiro atoms. The molecule has 0 unspecified atom stereocenters. The van der Waals surface area contributed by atoms with Gasteiger partial charge in [0.1, 0.15) is 0 Å². The minimum Gasteiger partial charge on any atom is -0.504 e. The molecule has 7 nitrogen and oxygen atoms in total.